The highest BCUT2D eigenvalue weighted by Gasteiger charge is 2.34. The third kappa shape index (κ3) is 4.67. The van der Waals surface area contributed by atoms with E-state index in [9.17, 15) is 18.0 Å². The molecule has 6 heteroatoms. The summed E-state index contributed by atoms with van der Waals surface area (Å²) in [5, 5.41) is 2.47. The molecule has 0 unspecified atom stereocenters. The first-order valence-corrected chi connectivity index (χ1v) is 8.15. The van der Waals surface area contributed by atoms with Crippen LogP contribution in [0.5, 0.6) is 11.5 Å². The van der Waals surface area contributed by atoms with E-state index in [4.69, 9.17) is 4.74 Å². The van der Waals surface area contributed by atoms with E-state index in [2.05, 4.69) is 5.32 Å². The Morgan fingerprint density at radius 1 is 0.852 bits per heavy atom. The zero-order chi connectivity index (χ0) is 19.4. The number of halogens is 3. The molecule has 3 rings (SSSR count). The molecule has 0 bridgehead atoms. The van der Waals surface area contributed by atoms with Crippen molar-refractivity contribution < 1.29 is 22.7 Å². The number of anilines is 1. The van der Waals surface area contributed by atoms with Crippen LogP contribution in [0, 0.1) is 6.92 Å². The summed E-state index contributed by atoms with van der Waals surface area (Å²) >= 11 is 0. The number of hydrogen-bond acceptors (Lipinski definition) is 2. The van der Waals surface area contributed by atoms with Gasteiger partial charge in [0.15, 0.2) is 0 Å². The highest BCUT2D eigenvalue weighted by molar-refractivity contribution is 6.05. The van der Waals surface area contributed by atoms with Gasteiger partial charge in [-0.1, -0.05) is 29.8 Å². The van der Waals surface area contributed by atoms with Crippen LogP contribution in [0.15, 0.2) is 72.8 Å². The average Bonchev–Trinajstić information content (AvgIpc) is 2.64. The molecule has 0 aromatic heterocycles. The van der Waals surface area contributed by atoms with Crippen LogP contribution in [0.3, 0.4) is 0 Å². The molecule has 0 atom stereocenters. The molecule has 1 N–H and O–H groups in total. The van der Waals surface area contributed by atoms with Gasteiger partial charge < -0.3 is 10.1 Å². The van der Waals surface area contributed by atoms with Gasteiger partial charge in [0.1, 0.15) is 11.5 Å². The molecule has 0 aliphatic rings. The Labute approximate surface area is 154 Å². The Morgan fingerprint density at radius 3 is 2.00 bits per heavy atom. The first-order valence-electron chi connectivity index (χ1n) is 8.15. The number of alkyl halides is 3. The van der Waals surface area contributed by atoms with E-state index < -0.39 is 23.2 Å². The molecule has 3 aromatic rings. The van der Waals surface area contributed by atoms with Crippen molar-refractivity contribution in [1.82, 2.24) is 0 Å². The minimum absolute atomic E-state index is 0.369. The number of amides is 1. The summed E-state index contributed by atoms with van der Waals surface area (Å²) in [6.07, 6.45) is -4.60. The Hall–Kier alpha value is -3.28. The van der Waals surface area contributed by atoms with Gasteiger partial charge in [-0.25, -0.2) is 0 Å². The largest absolute Gasteiger partial charge is 0.457 e. The van der Waals surface area contributed by atoms with Crippen molar-refractivity contribution in [3.63, 3.8) is 0 Å². The minimum Gasteiger partial charge on any atom is -0.457 e. The lowest BCUT2D eigenvalue weighted by Gasteiger charge is -2.13. The number of rotatable bonds is 4. The van der Waals surface area contributed by atoms with Crippen molar-refractivity contribution in [2.75, 3.05) is 5.32 Å². The van der Waals surface area contributed by atoms with Crippen molar-refractivity contribution in [3.05, 3.63) is 89.5 Å². The molecule has 0 saturated carbocycles. The van der Waals surface area contributed by atoms with Crippen LogP contribution in [-0.2, 0) is 6.18 Å². The fraction of sp³-hybridized carbons (Fsp3) is 0.0952. The molecular formula is C21H16F3NO2. The standard InChI is InChI=1S/C21H16F3NO2/c1-14-6-10-16(11-7-14)27-17-12-8-15(9-13-17)25-20(26)18-4-2-3-5-19(18)21(22,23)24/h2-13H,1H3,(H,25,26). The Balaban J connectivity index is 1.72. The van der Waals surface area contributed by atoms with Crippen LogP contribution in [0.2, 0.25) is 0 Å². The lowest BCUT2D eigenvalue weighted by molar-refractivity contribution is -0.137. The number of ether oxygens (including phenoxy) is 1. The van der Waals surface area contributed by atoms with E-state index in [1.165, 1.54) is 12.1 Å². The molecule has 3 aromatic carbocycles. The van der Waals surface area contributed by atoms with Gasteiger partial charge in [-0.3, -0.25) is 4.79 Å². The molecule has 27 heavy (non-hydrogen) atoms. The molecule has 0 aliphatic heterocycles. The summed E-state index contributed by atoms with van der Waals surface area (Å²) in [5.41, 5.74) is 0.0830. The monoisotopic (exact) mass is 371 g/mol. The normalized spacial score (nSPS) is 11.1. The molecule has 0 fully saturated rings. The second-order valence-corrected chi connectivity index (χ2v) is 5.94. The molecular weight excluding hydrogens is 355 g/mol. The molecule has 1 amide bonds. The summed E-state index contributed by atoms with van der Waals surface area (Å²) < 4.78 is 44.8. The van der Waals surface area contributed by atoms with Crippen LogP contribution in [0.25, 0.3) is 0 Å². The third-order valence-electron chi connectivity index (χ3n) is 3.85. The summed E-state index contributed by atoms with van der Waals surface area (Å²) in [5.74, 6) is 0.388. The molecule has 0 saturated heterocycles. The van der Waals surface area contributed by atoms with E-state index in [0.717, 1.165) is 17.7 Å². The van der Waals surface area contributed by atoms with Gasteiger partial charge >= 0.3 is 6.18 Å². The summed E-state index contributed by atoms with van der Waals surface area (Å²) in [7, 11) is 0. The summed E-state index contributed by atoms with van der Waals surface area (Å²) in [4.78, 5) is 12.2. The van der Waals surface area contributed by atoms with Gasteiger partial charge in [0.25, 0.3) is 5.91 Å². The summed E-state index contributed by atoms with van der Waals surface area (Å²) in [6.45, 7) is 1.97. The van der Waals surface area contributed by atoms with Crippen LogP contribution in [0.1, 0.15) is 21.5 Å². The molecule has 0 radical (unpaired) electrons. The van der Waals surface area contributed by atoms with Gasteiger partial charge in [-0.2, -0.15) is 13.2 Å². The van der Waals surface area contributed by atoms with E-state index >= 15 is 0 Å². The van der Waals surface area contributed by atoms with Gasteiger partial charge in [-0.05, 0) is 55.5 Å². The zero-order valence-corrected chi connectivity index (χ0v) is 14.4. The van der Waals surface area contributed by atoms with Crippen molar-refractivity contribution in [2.24, 2.45) is 0 Å². The quantitative estimate of drug-likeness (QED) is 0.605. The predicted octanol–water partition coefficient (Wildman–Crippen LogP) is 6.06. The first-order chi connectivity index (χ1) is 12.8. The number of carbonyl (C=O) groups is 1. The number of benzene rings is 3. The van der Waals surface area contributed by atoms with Gasteiger partial charge in [0, 0.05) is 5.69 Å². The highest BCUT2D eigenvalue weighted by Crippen LogP contribution is 2.32. The average molecular weight is 371 g/mol. The lowest BCUT2D eigenvalue weighted by atomic mass is 10.1. The fourth-order valence-corrected chi connectivity index (χ4v) is 2.48. The maximum absolute atomic E-state index is 13.0. The topological polar surface area (TPSA) is 38.3 Å². The van der Waals surface area contributed by atoms with Gasteiger partial charge in [0.05, 0.1) is 11.1 Å². The van der Waals surface area contributed by atoms with Crippen LogP contribution in [-0.4, -0.2) is 5.91 Å². The number of aryl methyl sites for hydroxylation is 1. The molecule has 138 valence electrons. The van der Waals surface area contributed by atoms with E-state index in [-0.39, 0.29) is 0 Å². The highest BCUT2D eigenvalue weighted by atomic mass is 19.4. The maximum atomic E-state index is 13.0. The van der Waals surface area contributed by atoms with Crippen molar-refractivity contribution >= 4 is 11.6 Å². The second-order valence-electron chi connectivity index (χ2n) is 5.94. The number of nitrogens with one attached hydrogen (secondary N) is 1. The van der Waals surface area contributed by atoms with Crippen molar-refractivity contribution in [2.45, 2.75) is 13.1 Å². The molecule has 3 nitrogen and oxygen atoms in total. The fourth-order valence-electron chi connectivity index (χ4n) is 2.48. The molecule has 0 aliphatic carbocycles. The SMILES string of the molecule is Cc1ccc(Oc2ccc(NC(=O)c3ccccc3C(F)(F)F)cc2)cc1. The van der Waals surface area contributed by atoms with Crippen LogP contribution >= 0.6 is 0 Å². The first kappa shape index (κ1) is 18.5. The third-order valence-corrected chi connectivity index (χ3v) is 3.85. The summed E-state index contributed by atoms with van der Waals surface area (Å²) in [6, 6.07) is 18.6. The van der Waals surface area contributed by atoms with E-state index in [1.54, 1.807) is 24.3 Å². The minimum atomic E-state index is -4.60. The number of hydrogen-bond donors (Lipinski definition) is 1. The predicted molar refractivity (Wildman–Crippen MR) is 97.1 cm³/mol. The Bertz CT molecular complexity index is 933. The van der Waals surface area contributed by atoms with Gasteiger partial charge in [0.2, 0.25) is 0 Å². The molecule has 0 spiro atoms. The van der Waals surface area contributed by atoms with Crippen molar-refractivity contribution in [1.29, 1.82) is 0 Å². The van der Waals surface area contributed by atoms with Crippen LogP contribution in [0.4, 0.5) is 18.9 Å². The zero-order valence-electron chi connectivity index (χ0n) is 14.4. The smallest absolute Gasteiger partial charge is 0.417 e. The lowest BCUT2D eigenvalue weighted by Crippen LogP contribution is -2.18. The van der Waals surface area contributed by atoms with E-state index in [0.29, 0.717) is 17.2 Å². The van der Waals surface area contributed by atoms with E-state index in [1.807, 2.05) is 31.2 Å². The van der Waals surface area contributed by atoms with Gasteiger partial charge in [-0.15, -0.1) is 0 Å². The van der Waals surface area contributed by atoms with Crippen molar-refractivity contribution in [3.8, 4) is 11.5 Å². The number of carbonyl (C=O) groups excluding carboxylic acids is 1. The molecule has 0 heterocycles. The maximum Gasteiger partial charge on any atom is 0.417 e. The van der Waals surface area contributed by atoms with Crippen LogP contribution < -0.4 is 10.1 Å². The second kappa shape index (κ2) is 7.53. The Kier molecular flexibility index (Phi) is 5.16. The Morgan fingerprint density at radius 2 is 1.41 bits per heavy atom.